The Kier molecular flexibility index (Phi) is 3.44. The monoisotopic (exact) mass is 243 g/mol. The molecule has 0 bridgehead atoms. The molecule has 1 fully saturated rings. The second-order valence-electron chi connectivity index (χ2n) is 5.74. The van der Waals surface area contributed by atoms with Crippen molar-refractivity contribution in [1.82, 2.24) is 4.98 Å². The molecule has 1 unspecified atom stereocenters. The van der Waals surface area contributed by atoms with Gasteiger partial charge in [-0.25, -0.2) is 0 Å². The third kappa shape index (κ3) is 2.21. The van der Waals surface area contributed by atoms with Crippen LogP contribution in [0.1, 0.15) is 73.7 Å². The predicted molar refractivity (Wildman–Crippen MR) is 71.8 cm³/mol. The van der Waals surface area contributed by atoms with Gasteiger partial charge in [0.15, 0.2) is 0 Å². The zero-order valence-corrected chi connectivity index (χ0v) is 10.9. The largest absolute Gasteiger partial charge is 0.303 e. The van der Waals surface area contributed by atoms with Gasteiger partial charge >= 0.3 is 0 Å². The van der Waals surface area contributed by atoms with Gasteiger partial charge < -0.3 is 4.79 Å². The summed E-state index contributed by atoms with van der Waals surface area (Å²) in [5.41, 5.74) is 3.66. The molecule has 1 atom stereocenters. The van der Waals surface area contributed by atoms with Crippen LogP contribution in [0, 0.1) is 0 Å². The highest BCUT2D eigenvalue weighted by atomic mass is 16.1. The number of fused-ring (bicyclic) bond motifs is 1. The molecule has 18 heavy (non-hydrogen) atoms. The fourth-order valence-electron chi connectivity index (χ4n) is 3.48. The molecule has 3 rings (SSSR count). The Morgan fingerprint density at radius 3 is 2.67 bits per heavy atom. The van der Waals surface area contributed by atoms with Gasteiger partial charge in [-0.2, -0.15) is 0 Å². The molecule has 1 saturated carbocycles. The summed E-state index contributed by atoms with van der Waals surface area (Å²) in [7, 11) is 0. The Hall–Kier alpha value is -1.18. The summed E-state index contributed by atoms with van der Waals surface area (Å²) in [5.74, 6) is 0.766. The van der Waals surface area contributed by atoms with E-state index >= 15 is 0 Å². The van der Waals surface area contributed by atoms with E-state index < -0.39 is 0 Å². The van der Waals surface area contributed by atoms with Gasteiger partial charge in [0.05, 0.1) is 0 Å². The summed E-state index contributed by atoms with van der Waals surface area (Å²) >= 11 is 0. The van der Waals surface area contributed by atoms with Gasteiger partial charge in [-0.15, -0.1) is 0 Å². The highest BCUT2D eigenvalue weighted by Crippen LogP contribution is 2.34. The molecule has 0 aliphatic heterocycles. The average Bonchev–Trinajstić information content (AvgIpc) is 2.47. The van der Waals surface area contributed by atoms with Gasteiger partial charge in [0.2, 0.25) is 0 Å². The van der Waals surface area contributed by atoms with E-state index in [-0.39, 0.29) is 5.92 Å². The predicted octanol–water partition coefficient (Wildman–Crippen LogP) is 3.75. The molecule has 2 heteroatoms. The first-order valence-corrected chi connectivity index (χ1v) is 7.33. The number of pyridine rings is 1. The molecular weight excluding hydrogens is 222 g/mol. The zero-order valence-electron chi connectivity index (χ0n) is 10.9. The number of aromatic nitrogens is 1. The lowest BCUT2D eigenvalue weighted by Crippen LogP contribution is -2.15. The van der Waals surface area contributed by atoms with Crippen molar-refractivity contribution in [2.24, 2.45) is 0 Å². The minimum Gasteiger partial charge on any atom is -0.303 e. The Morgan fingerprint density at radius 2 is 1.89 bits per heavy atom. The van der Waals surface area contributed by atoms with Crippen LogP contribution in [0.15, 0.2) is 12.1 Å². The molecule has 1 heterocycles. The first kappa shape index (κ1) is 11.9. The summed E-state index contributed by atoms with van der Waals surface area (Å²) in [5, 5.41) is 0. The van der Waals surface area contributed by atoms with Crippen LogP contribution in [0.2, 0.25) is 0 Å². The number of rotatable bonds is 2. The van der Waals surface area contributed by atoms with E-state index in [1.54, 1.807) is 0 Å². The SMILES string of the molecule is O=CC1CCCc2nc(C3CCCCC3)ccc21. The second-order valence-corrected chi connectivity index (χ2v) is 5.74. The van der Waals surface area contributed by atoms with Crippen LogP contribution in [-0.4, -0.2) is 11.3 Å². The van der Waals surface area contributed by atoms with Crippen molar-refractivity contribution in [3.05, 3.63) is 29.1 Å². The smallest absolute Gasteiger partial charge is 0.127 e. The number of carbonyl (C=O) groups is 1. The molecule has 2 aliphatic rings. The van der Waals surface area contributed by atoms with Crippen molar-refractivity contribution in [1.29, 1.82) is 0 Å². The Morgan fingerprint density at radius 1 is 1.06 bits per heavy atom. The topological polar surface area (TPSA) is 30.0 Å². The normalized spacial score (nSPS) is 24.6. The van der Waals surface area contributed by atoms with Crippen LogP contribution < -0.4 is 0 Å². The molecule has 0 spiro atoms. The Balaban J connectivity index is 1.87. The molecule has 0 radical (unpaired) electrons. The quantitative estimate of drug-likeness (QED) is 0.740. The van der Waals surface area contributed by atoms with Crippen LogP contribution in [0.4, 0.5) is 0 Å². The van der Waals surface area contributed by atoms with Crippen molar-refractivity contribution >= 4 is 6.29 Å². The number of carbonyl (C=O) groups excluding carboxylic acids is 1. The number of aryl methyl sites for hydroxylation is 1. The second kappa shape index (κ2) is 5.21. The zero-order chi connectivity index (χ0) is 12.4. The van der Waals surface area contributed by atoms with Gasteiger partial charge in [0.1, 0.15) is 6.29 Å². The molecule has 1 aromatic heterocycles. The molecule has 0 N–H and O–H groups in total. The van der Waals surface area contributed by atoms with Gasteiger partial charge in [-0.1, -0.05) is 25.3 Å². The summed E-state index contributed by atoms with van der Waals surface area (Å²) in [6.45, 7) is 0. The van der Waals surface area contributed by atoms with E-state index in [0.717, 1.165) is 25.5 Å². The van der Waals surface area contributed by atoms with Gasteiger partial charge in [0.25, 0.3) is 0 Å². The van der Waals surface area contributed by atoms with Crippen LogP contribution in [0.3, 0.4) is 0 Å². The summed E-state index contributed by atoms with van der Waals surface area (Å²) in [6, 6.07) is 4.35. The van der Waals surface area contributed by atoms with Gasteiger partial charge in [-0.05, 0) is 43.7 Å². The van der Waals surface area contributed by atoms with E-state index in [9.17, 15) is 4.79 Å². The fourth-order valence-corrected chi connectivity index (χ4v) is 3.48. The maximum Gasteiger partial charge on any atom is 0.127 e. The molecule has 2 aliphatic carbocycles. The van der Waals surface area contributed by atoms with E-state index in [4.69, 9.17) is 4.98 Å². The van der Waals surface area contributed by atoms with Crippen molar-refractivity contribution in [2.45, 2.75) is 63.2 Å². The van der Waals surface area contributed by atoms with Crippen molar-refractivity contribution in [3.8, 4) is 0 Å². The van der Waals surface area contributed by atoms with Crippen LogP contribution in [0.25, 0.3) is 0 Å². The third-order valence-corrected chi connectivity index (χ3v) is 4.55. The van der Waals surface area contributed by atoms with E-state index in [1.807, 2.05) is 0 Å². The molecule has 96 valence electrons. The fraction of sp³-hybridized carbons (Fsp3) is 0.625. The molecule has 0 saturated heterocycles. The van der Waals surface area contributed by atoms with Crippen LogP contribution in [0.5, 0.6) is 0 Å². The lowest BCUT2D eigenvalue weighted by Gasteiger charge is -2.25. The lowest BCUT2D eigenvalue weighted by atomic mass is 9.83. The van der Waals surface area contributed by atoms with E-state index in [1.165, 1.54) is 49.1 Å². The first-order chi connectivity index (χ1) is 8.88. The molecule has 0 amide bonds. The molecule has 0 aromatic carbocycles. The lowest BCUT2D eigenvalue weighted by molar-refractivity contribution is -0.109. The highest BCUT2D eigenvalue weighted by Gasteiger charge is 2.23. The number of hydrogen-bond donors (Lipinski definition) is 0. The number of nitrogens with zero attached hydrogens (tertiary/aromatic N) is 1. The van der Waals surface area contributed by atoms with Crippen molar-refractivity contribution in [3.63, 3.8) is 0 Å². The maximum absolute atomic E-state index is 11.1. The van der Waals surface area contributed by atoms with Crippen LogP contribution >= 0.6 is 0 Å². The highest BCUT2D eigenvalue weighted by molar-refractivity contribution is 5.63. The third-order valence-electron chi connectivity index (χ3n) is 4.55. The molecule has 1 aromatic rings. The standard InChI is InChI=1S/C16H21NO/c18-11-13-7-4-8-16-14(13)9-10-15(17-16)12-5-2-1-3-6-12/h9-13H,1-8H2. The minimum absolute atomic E-state index is 0.0988. The number of aldehydes is 1. The first-order valence-electron chi connectivity index (χ1n) is 7.33. The summed E-state index contributed by atoms with van der Waals surface area (Å²) in [4.78, 5) is 16.0. The average molecular weight is 243 g/mol. The summed E-state index contributed by atoms with van der Waals surface area (Å²) < 4.78 is 0. The van der Waals surface area contributed by atoms with Gasteiger partial charge in [-0.3, -0.25) is 4.98 Å². The van der Waals surface area contributed by atoms with E-state index in [2.05, 4.69) is 12.1 Å². The molecule has 2 nitrogen and oxygen atoms in total. The summed E-state index contributed by atoms with van der Waals surface area (Å²) in [6.07, 6.45) is 10.9. The Bertz CT molecular complexity index is 435. The number of hydrogen-bond acceptors (Lipinski definition) is 2. The molecular formula is C16H21NO. The maximum atomic E-state index is 11.1. The van der Waals surface area contributed by atoms with Crippen LogP contribution in [-0.2, 0) is 11.2 Å². The van der Waals surface area contributed by atoms with Crippen molar-refractivity contribution < 1.29 is 4.79 Å². The van der Waals surface area contributed by atoms with Crippen molar-refractivity contribution in [2.75, 3.05) is 0 Å². The Labute approximate surface area is 109 Å². The minimum atomic E-state index is 0.0988. The van der Waals surface area contributed by atoms with Gasteiger partial charge in [0, 0.05) is 23.2 Å². The van der Waals surface area contributed by atoms with E-state index in [0.29, 0.717) is 5.92 Å².